The molecule has 1 atom stereocenters. The molecule has 0 aromatic heterocycles. The third-order valence-corrected chi connectivity index (χ3v) is 4.79. The van der Waals surface area contributed by atoms with Crippen LogP contribution in [0.4, 0.5) is 5.69 Å². The molecule has 0 bridgehead atoms. The summed E-state index contributed by atoms with van der Waals surface area (Å²) in [4.78, 5) is 12.7. The number of aryl methyl sites for hydroxylation is 3. The van der Waals surface area contributed by atoms with Crippen molar-refractivity contribution >= 4 is 11.6 Å². The Morgan fingerprint density at radius 3 is 2.15 bits per heavy atom. The Bertz CT molecular complexity index is 743. The highest BCUT2D eigenvalue weighted by atomic mass is 16.5. The molecule has 0 heterocycles. The molecule has 1 unspecified atom stereocenters. The minimum atomic E-state index is -0.561. The van der Waals surface area contributed by atoms with Crippen LogP contribution >= 0.6 is 0 Å². The van der Waals surface area contributed by atoms with Gasteiger partial charge < -0.3 is 10.1 Å². The zero-order valence-corrected chi connectivity index (χ0v) is 16.8. The molecule has 3 nitrogen and oxygen atoms in total. The molecule has 0 saturated carbocycles. The molecule has 0 saturated heterocycles. The molecule has 140 valence electrons. The van der Waals surface area contributed by atoms with Crippen molar-refractivity contribution in [3.05, 3.63) is 58.7 Å². The van der Waals surface area contributed by atoms with Crippen molar-refractivity contribution in [1.29, 1.82) is 0 Å². The predicted octanol–water partition coefficient (Wildman–Crippen LogP) is 5.65. The second-order valence-electron chi connectivity index (χ2n) is 7.08. The first-order valence-electron chi connectivity index (χ1n) is 9.56. The monoisotopic (exact) mass is 353 g/mol. The van der Waals surface area contributed by atoms with Crippen molar-refractivity contribution in [3.8, 4) is 5.75 Å². The molecule has 0 aliphatic carbocycles. The van der Waals surface area contributed by atoms with Crippen LogP contribution in [0.3, 0.4) is 0 Å². The smallest absolute Gasteiger partial charge is 0.265 e. The summed E-state index contributed by atoms with van der Waals surface area (Å²) in [6.45, 7) is 12.4. The number of ether oxygens (including phenoxy) is 1. The van der Waals surface area contributed by atoms with E-state index in [-0.39, 0.29) is 5.91 Å². The van der Waals surface area contributed by atoms with Gasteiger partial charge in [-0.2, -0.15) is 0 Å². The molecule has 0 aliphatic rings. The van der Waals surface area contributed by atoms with Gasteiger partial charge in [-0.3, -0.25) is 4.79 Å². The number of amides is 1. The van der Waals surface area contributed by atoms with Gasteiger partial charge in [0.25, 0.3) is 5.91 Å². The van der Waals surface area contributed by atoms with Gasteiger partial charge in [-0.05, 0) is 67.0 Å². The van der Waals surface area contributed by atoms with Crippen LogP contribution in [0.2, 0.25) is 0 Å². The maximum absolute atomic E-state index is 12.7. The Morgan fingerprint density at radius 1 is 1.04 bits per heavy atom. The van der Waals surface area contributed by atoms with E-state index in [0.29, 0.717) is 5.92 Å². The maximum atomic E-state index is 12.7. The molecule has 26 heavy (non-hydrogen) atoms. The zero-order valence-electron chi connectivity index (χ0n) is 16.8. The molecule has 3 heteroatoms. The van der Waals surface area contributed by atoms with Crippen LogP contribution in [0.25, 0.3) is 0 Å². The number of hydrogen-bond acceptors (Lipinski definition) is 2. The topological polar surface area (TPSA) is 38.3 Å². The molecule has 0 fully saturated rings. The van der Waals surface area contributed by atoms with Gasteiger partial charge in [0.1, 0.15) is 5.75 Å². The minimum absolute atomic E-state index is 0.119. The number of benzene rings is 2. The van der Waals surface area contributed by atoms with E-state index in [1.165, 1.54) is 11.1 Å². The number of para-hydroxylation sites is 1. The molecule has 0 aliphatic heterocycles. The molecular formula is C23H31NO2. The van der Waals surface area contributed by atoms with Gasteiger partial charge in [0, 0.05) is 5.69 Å². The standard InChI is InChI=1S/C23H31NO2/c1-7-18-10-9-11-19(8-2)22(18)24-23(25)17(6)26-20-12-13-21(15(3)4)16(5)14-20/h9-15,17H,7-8H2,1-6H3,(H,24,25). The molecule has 0 radical (unpaired) electrons. The lowest BCUT2D eigenvalue weighted by atomic mass is 9.98. The fraction of sp³-hybridized carbons (Fsp3) is 0.435. The second kappa shape index (κ2) is 8.88. The van der Waals surface area contributed by atoms with Crippen molar-refractivity contribution < 1.29 is 9.53 Å². The first-order chi connectivity index (χ1) is 12.4. The molecule has 2 rings (SSSR count). The lowest BCUT2D eigenvalue weighted by molar-refractivity contribution is -0.122. The highest BCUT2D eigenvalue weighted by Crippen LogP contribution is 2.25. The van der Waals surface area contributed by atoms with Crippen LogP contribution in [-0.4, -0.2) is 12.0 Å². The highest BCUT2D eigenvalue weighted by molar-refractivity contribution is 5.95. The van der Waals surface area contributed by atoms with E-state index < -0.39 is 6.10 Å². The van der Waals surface area contributed by atoms with Crippen molar-refractivity contribution in [2.75, 3.05) is 5.32 Å². The summed E-state index contributed by atoms with van der Waals surface area (Å²) in [6, 6.07) is 12.2. The van der Waals surface area contributed by atoms with Gasteiger partial charge >= 0.3 is 0 Å². The van der Waals surface area contributed by atoms with Gasteiger partial charge in [0.2, 0.25) is 0 Å². The Balaban J connectivity index is 2.13. The van der Waals surface area contributed by atoms with Gasteiger partial charge in [-0.25, -0.2) is 0 Å². The van der Waals surface area contributed by atoms with Crippen LogP contribution in [0, 0.1) is 6.92 Å². The SMILES string of the molecule is CCc1cccc(CC)c1NC(=O)C(C)Oc1ccc(C(C)C)c(C)c1. The summed E-state index contributed by atoms with van der Waals surface area (Å²) in [5, 5.41) is 3.08. The Morgan fingerprint density at radius 2 is 1.65 bits per heavy atom. The van der Waals surface area contributed by atoms with Crippen LogP contribution in [0.15, 0.2) is 36.4 Å². The molecule has 1 amide bonds. The molecule has 1 N–H and O–H groups in total. The first kappa shape index (κ1) is 20.0. The van der Waals surface area contributed by atoms with Crippen molar-refractivity contribution in [1.82, 2.24) is 0 Å². The number of nitrogens with one attached hydrogen (secondary N) is 1. The number of hydrogen-bond donors (Lipinski definition) is 1. The normalized spacial score (nSPS) is 12.1. The summed E-state index contributed by atoms with van der Waals surface area (Å²) >= 11 is 0. The maximum Gasteiger partial charge on any atom is 0.265 e. The first-order valence-corrected chi connectivity index (χ1v) is 9.56. The summed E-state index contributed by atoms with van der Waals surface area (Å²) in [5.41, 5.74) is 5.74. The fourth-order valence-electron chi connectivity index (χ4n) is 3.25. The number of carbonyl (C=O) groups excluding carboxylic acids is 1. The van der Waals surface area contributed by atoms with Crippen molar-refractivity contribution in [2.24, 2.45) is 0 Å². The summed E-state index contributed by atoms with van der Waals surface area (Å²) in [6.07, 6.45) is 1.21. The number of carbonyl (C=O) groups is 1. The number of anilines is 1. The summed E-state index contributed by atoms with van der Waals surface area (Å²) < 4.78 is 5.90. The summed E-state index contributed by atoms with van der Waals surface area (Å²) in [5.74, 6) is 1.09. The lowest BCUT2D eigenvalue weighted by Gasteiger charge is -2.19. The fourth-order valence-corrected chi connectivity index (χ4v) is 3.25. The van der Waals surface area contributed by atoms with Gasteiger partial charge in [0.15, 0.2) is 6.10 Å². The van der Waals surface area contributed by atoms with Crippen LogP contribution in [0.5, 0.6) is 5.75 Å². The van der Waals surface area contributed by atoms with Crippen molar-refractivity contribution in [2.45, 2.75) is 66.4 Å². The predicted molar refractivity (Wildman–Crippen MR) is 109 cm³/mol. The van der Waals surface area contributed by atoms with E-state index in [4.69, 9.17) is 4.74 Å². The molecule has 2 aromatic carbocycles. The van der Waals surface area contributed by atoms with Crippen molar-refractivity contribution in [3.63, 3.8) is 0 Å². The van der Waals surface area contributed by atoms with Crippen LogP contribution in [-0.2, 0) is 17.6 Å². The molecule has 2 aromatic rings. The van der Waals surface area contributed by atoms with Gasteiger partial charge in [-0.15, -0.1) is 0 Å². The van der Waals surface area contributed by atoms with E-state index in [1.54, 1.807) is 6.92 Å². The highest BCUT2D eigenvalue weighted by Gasteiger charge is 2.18. The average Bonchev–Trinajstić information content (AvgIpc) is 2.61. The zero-order chi connectivity index (χ0) is 19.3. The third-order valence-electron chi connectivity index (χ3n) is 4.79. The average molecular weight is 354 g/mol. The quantitative estimate of drug-likeness (QED) is 0.698. The van der Waals surface area contributed by atoms with Gasteiger partial charge in [-0.1, -0.05) is 52.0 Å². The van der Waals surface area contributed by atoms with E-state index in [9.17, 15) is 4.79 Å². The van der Waals surface area contributed by atoms with E-state index in [2.05, 4.69) is 58.1 Å². The molecule has 0 spiro atoms. The molecular weight excluding hydrogens is 322 g/mol. The summed E-state index contributed by atoms with van der Waals surface area (Å²) in [7, 11) is 0. The van der Waals surface area contributed by atoms with Gasteiger partial charge in [0.05, 0.1) is 0 Å². The second-order valence-corrected chi connectivity index (χ2v) is 7.08. The largest absolute Gasteiger partial charge is 0.481 e. The minimum Gasteiger partial charge on any atom is -0.481 e. The lowest BCUT2D eigenvalue weighted by Crippen LogP contribution is -2.31. The van der Waals surface area contributed by atoms with E-state index in [0.717, 1.165) is 35.4 Å². The van der Waals surface area contributed by atoms with Crippen LogP contribution in [0.1, 0.15) is 62.8 Å². The Hall–Kier alpha value is -2.29. The number of rotatable bonds is 7. The van der Waals surface area contributed by atoms with E-state index >= 15 is 0 Å². The Labute approximate surface area is 157 Å². The Kier molecular flexibility index (Phi) is 6.84. The third kappa shape index (κ3) is 4.66. The van der Waals surface area contributed by atoms with E-state index in [1.807, 2.05) is 18.2 Å². The van der Waals surface area contributed by atoms with Crippen LogP contribution < -0.4 is 10.1 Å².